The number of rotatable bonds is 20. The number of nitrogen functional groups attached to an aromatic ring is 2. The Morgan fingerprint density at radius 2 is 1.02 bits per heavy atom. The number of nitrogens with zero attached hydrogens (tertiary/aromatic N) is 10. The SMILES string of the molecule is NCc1ccc(COc2nccc(N)n2)cc1.[C-]#[N+]/C(=C\c1cc2c(s1)-c1ccc(N(C)CCO)cc1C2(C)C)c1nc2ccccc2s1.[C-]#[N+]/C(=C\c1cc2c(s1)-c1ccc(N(C)CCOC(=O)NCc3ccc(COc4nccc(N)n4)cc3)cc1C2(C)C)c1nc2ccccc2s1. The molecule has 14 rings (SSSR count). The summed E-state index contributed by atoms with van der Waals surface area (Å²) >= 11 is 6.57. The number of alkyl carbamates (subject to hydrolysis) is 1. The molecule has 1 amide bonds. The van der Waals surface area contributed by atoms with Crippen LogP contribution in [0.1, 0.15) is 92.0 Å². The summed E-state index contributed by atoms with van der Waals surface area (Å²) in [5.41, 5.74) is 33.2. The van der Waals surface area contributed by atoms with Gasteiger partial charge in [-0.05, 0) is 141 Å². The standard InChI is InChI=1S/C39H35N7O3S2.C26H23N3OS2.C12H14N4O/c1-39(2)29-19-26(13-14-28(29)35-30(39)20-27(50-35)21-32(41-3)36-44-31-7-5-6-8-33(31)51-36)46(4)17-18-48-38(47)43-22-24-9-11-25(12-10-24)23-49-37-42-16-15-34(40)45-37;1-26(2)19-13-16(29(4)11-12-30)9-10-18(19)24-20(26)14-17(31-24)15-22(27-3)25-28-21-7-5-6-8-23(21)32-25;13-7-9-1-3-10(4-2-9)8-17-12-15-6-5-11(14)16-12/h5-16,19-21H,17-18,22-23H2,1-2,4H3,(H,43,47)(H2,40,42,45);5-10,13-15,30H,11-12H2,1-2,4H3;1-6H,7-8,13H2,(H2,14,15,16)/b32-21-;22-15-;. The van der Waals surface area contributed by atoms with Crippen molar-refractivity contribution in [1.29, 1.82) is 0 Å². The van der Waals surface area contributed by atoms with Crippen molar-refractivity contribution in [3.8, 4) is 32.9 Å². The molecule has 504 valence electrons. The highest BCUT2D eigenvalue weighted by Crippen LogP contribution is 2.55. The summed E-state index contributed by atoms with van der Waals surface area (Å²) < 4.78 is 18.7. The van der Waals surface area contributed by atoms with Crippen LogP contribution in [0.3, 0.4) is 0 Å². The Morgan fingerprint density at radius 3 is 1.46 bits per heavy atom. The van der Waals surface area contributed by atoms with E-state index in [2.05, 4.69) is 126 Å². The maximum Gasteiger partial charge on any atom is 0.407 e. The minimum atomic E-state index is -0.469. The maximum absolute atomic E-state index is 12.4. The Kier molecular flexibility index (Phi) is 21.0. The number of aromatic nitrogens is 6. The van der Waals surface area contributed by atoms with Crippen LogP contribution in [0.4, 0.5) is 27.8 Å². The molecule has 0 fully saturated rings. The molecule has 23 heteroatoms. The highest BCUT2D eigenvalue weighted by Gasteiger charge is 2.39. The van der Waals surface area contributed by atoms with Crippen LogP contribution in [0.15, 0.2) is 170 Å². The largest absolute Gasteiger partial charge is 0.459 e. The Hall–Kier alpha value is -10.9. The van der Waals surface area contributed by atoms with E-state index >= 15 is 0 Å². The van der Waals surface area contributed by atoms with Crippen LogP contribution < -0.4 is 41.8 Å². The predicted molar refractivity (Wildman–Crippen MR) is 406 cm³/mol. The van der Waals surface area contributed by atoms with Gasteiger partial charge in [0.05, 0.1) is 46.7 Å². The molecular weight excluding hydrogens is 1330 g/mol. The number of nitrogens with one attached hydrogen (secondary N) is 1. The Morgan fingerprint density at radius 1 is 0.570 bits per heavy atom. The normalized spacial score (nSPS) is 12.9. The fourth-order valence-corrected chi connectivity index (χ4v) is 16.1. The number of carbonyl (C=O) groups excluding carboxylic acids is 1. The van der Waals surface area contributed by atoms with E-state index in [0.29, 0.717) is 62.4 Å². The summed E-state index contributed by atoms with van der Waals surface area (Å²) in [4.78, 5) is 54.2. The highest BCUT2D eigenvalue weighted by atomic mass is 32.1. The number of ether oxygens (including phenoxy) is 3. The third kappa shape index (κ3) is 15.7. The van der Waals surface area contributed by atoms with E-state index in [-0.39, 0.29) is 36.1 Å². The first kappa shape index (κ1) is 69.0. The number of likely N-dealkylation sites (N-methyl/N-ethyl adjacent to an activating group) is 2. The van der Waals surface area contributed by atoms with Crippen molar-refractivity contribution < 1.29 is 24.1 Å². The molecule has 12 aromatic rings. The number of thiophene rings is 2. The second kappa shape index (κ2) is 30.5. The fraction of sp³-hybridized carbons (Fsp3) is 0.208. The molecule has 0 aliphatic heterocycles. The van der Waals surface area contributed by atoms with Crippen LogP contribution in [-0.4, -0.2) is 81.5 Å². The van der Waals surface area contributed by atoms with Gasteiger partial charge in [-0.25, -0.2) is 34.4 Å². The molecule has 6 aromatic carbocycles. The van der Waals surface area contributed by atoms with Crippen molar-refractivity contribution in [3.63, 3.8) is 0 Å². The van der Waals surface area contributed by atoms with Crippen molar-refractivity contribution in [3.05, 3.63) is 257 Å². The monoisotopic (exact) mass is 1400 g/mol. The number of aliphatic hydroxyl groups excluding tert-OH is 1. The van der Waals surface area contributed by atoms with Crippen molar-refractivity contribution >= 4 is 118 Å². The molecule has 0 saturated carbocycles. The van der Waals surface area contributed by atoms with Gasteiger partial charge in [0.1, 0.15) is 41.5 Å². The zero-order valence-corrected chi connectivity index (χ0v) is 59.2. The zero-order valence-electron chi connectivity index (χ0n) is 55.9. The second-order valence-corrected chi connectivity index (χ2v) is 29.0. The number of carbonyl (C=O) groups is 1. The Balaban J connectivity index is 0.000000163. The molecule has 0 radical (unpaired) electrons. The number of nitrogens with two attached hydrogens (primary N) is 3. The summed E-state index contributed by atoms with van der Waals surface area (Å²) in [5.74, 6) is 0.747. The molecule has 6 aromatic heterocycles. The van der Waals surface area contributed by atoms with Gasteiger partial charge < -0.3 is 51.6 Å². The molecule has 6 heterocycles. The average molecular weight is 1400 g/mol. The quantitative estimate of drug-likeness (QED) is 0.0445. The number of amides is 1. The third-order valence-corrected chi connectivity index (χ3v) is 21.6. The van der Waals surface area contributed by atoms with Gasteiger partial charge in [0, 0.05) is 87.8 Å². The summed E-state index contributed by atoms with van der Waals surface area (Å²) in [6, 6.07) is 52.8. The van der Waals surface area contributed by atoms with E-state index in [0.717, 1.165) is 73.8 Å². The molecule has 0 atom stereocenters. The lowest BCUT2D eigenvalue weighted by Crippen LogP contribution is -2.29. The molecule has 0 saturated heterocycles. The van der Waals surface area contributed by atoms with Gasteiger partial charge in [0.25, 0.3) is 0 Å². The van der Waals surface area contributed by atoms with Gasteiger partial charge in [0.2, 0.25) is 11.4 Å². The van der Waals surface area contributed by atoms with E-state index in [9.17, 15) is 9.90 Å². The lowest BCUT2D eigenvalue weighted by Gasteiger charge is -2.24. The van der Waals surface area contributed by atoms with Gasteiger partial charge in [-0.1, -0.05) is 113 Å². The van der Waals surface area contributed by atoms with Crippen molar-refractivity contribution in [1.82, 2.24) is 35.2 Å². The van der Waals surface area contributed by atoms with E-state index in [1.54, 1.807) is 69.9 Å². The lowest BCUT2D eigenvalue weighted by atomic mass is 9.82. The summed E-state index contributed by atoms with van der Waals surface area (Å²) in [6.45, 7) is 27.7. The third-order valence-electron chi connectivity index (χ3n) is 17.3. The smallest absolute Gasteiger partial charge is 0.407 e. The number of para-hydroxylation sites is 2. The number of benzene rings is 6. The Labute approximate surface area is 596 Å². The molecule has 19 nitrogen and oxygen atoms in total. The average Bonchev–Trinajstić information content (AvgIpc) is 1.58. The van der Waals surface area contributed by atoms with E-state index < -0.39 is 6.09 Å². The number of hydrogen-bond donors (Lipinski definition) is 5. The van der Waals surface area contributed by atoms with Gasteiger partial charge in [0.15, 0.2) is 0 Å². The van der Waals surface area contributed by atoms with Crippen LogP contribution in [0, 0.1) is 13.1 Å². The van der Waals surface area contributed by atoms with Gasteiger partial charge >= 0.3 is 18.1 Å². The molecule has 8 N–H and O–H groups in total. The summed E-state index contributed by atoms with van der Waals surface area (Å²) in [7, 11) is 4.01. The van der Waals surface area contributed by atoms with E-state index in [1.807, 2.05) is 123 Å². The highest BCUT2D eigenvalue weighted by molar-refractivity contribution is 7.20. The van der Waals surface area contributed by atoms with Gasteiger partial charge in [-0.3, -0.25) is 0 Å². The minimum Gasteiger partial charge on any atom is -0.459 e. The Bertz CT molecular complexity index is 5030. The van der Waals surface area contributed by atoms with E-state index in [1.165, 1.54) is 43.1 Å². The topological polar surface area (TPSA) is 248 Å². The van der Waals surface area contributed by atoms with Crippen LogP contribution in [0.25, 0.3) is 74.6 Å². The lowest BCUT2D eigenvalue weighted by molar-refractivity contribution is 0.148. The van der Waals surface area contributed by atoms with Gasteiger partial charge in [-0.2, -0.15) is 9.97 Å². The van der Waals surface area contributed by atoms with Crippen LogP contribution in [0.5, 0.6) is 12.0 Å². The number of hydrogen-bond acceptors (Lipinski definition) is 20. The van der Waals surface area contributed by atoms with Crippen LogP contribution in [0.2, 0.25) is 0 Å². The first-order valence-corrected chi connectivity index (χ1v) is 35.3. The zero-order chi connectivity index (χ0) is 70.1. The summed E-state index contributed by atoms with van der Waals surface area (Å²) in [6.07, 6.45) is 6.59. The molecule has 2 aliphatic carbocycles. The number of anilines is 4. The van der Waals surface area contributed by atoms with Crippen molar-refractivity contribution in [2.45, 2.75) is 64.8 Å². The molecule has 0 spiro atoms. The van der Waals surface area contributed by atoms with Crippen LogP contribution in [-0.2, 0) is 41.9 Å². The fourth-order valence-electron chi connectivity index (χ4n) is 11.6. The molecular formula is C77H72N14O5S4. The first-order chi connectivity index (χ1) is 48.4. The predicted octanol–water partition coefficient (Wildman–Crippen LogP) is 16.0. The minimum absolute atomic E-state index is 0.114. The number of thiazole rings is 2. The molecule has 2 aliphatic rings. The summed E-state index contributed by atoms with van der Waals surface area (Å²) in [5, 5.41) is 13.6. The first-order valence-electron chi connectivity index (χ1n) is 32.1. The number of aliphatic hydroxyl groups is 1. The number of fused-ring (bicyclic) bond motifs is 8. The van der Waals surface area contributed by atoms with Crippen molar-refractivity contribution in [2.75, 3.05) is 61.7 Å². The molecule has 100 heavy (non-hydrogen) atoms. The maximum atomic E-state index is 12.4. The molecule has 0 bridgehead atoms. The van der Waals surface area contributed by atoms with Crippen molar-refractivity contribution in [2.24, 2.45) is 5.73 Å². The van der Waals surface area contributed by atoms with Gasteiger partial charge in [-0.15, -0.1) is 45.3 Å². The molecule has 0 unspecified atom stereocenters. The van der Waals surface area contributed by atoms with Crippen LogP contribution >= 0.6 is 45.3 Å². The second-order valence-electron chi connectivity index (χ2n) is 24.7. The van der Waals surface area contributed by atoms with E-state index in [4.69, 9.17) is 49.5 Å².